The lowest BCUT2D eigenvalue weighted by Crippen LogP contribution is -2.49. The van der Waals surface area contributed by atoms with E-state index in [0.29, 0.717) is 19.0 Å². The molecule has 0 aromatic heterocycles. The molecule has 0 spiro atoms. The Morgan fingerprint density at radius 3 is 2.72 bits per heavy atom. The van der Waals surface area contributed by atoms with Crippen molar-refractivity contribution < 1.29 is 14.4 Å². The minimum Gasteiger partial charge on any atom is -0.611 e. The van der Waals surface area contributed by atoms with Gasteiger partial charge in [-0.2, -0.15) is 0 Å². The van der Waals surface area contributed by atoms with Crippen LogP contribution in [0.4, 0.5) is 5.69 Å². The van der Waals surface area contributed by atoms with E-state index in [4.69, 9.17) is 14.8 Å². The molecule has 7 heteroatoms. The zero-order chi connectivity index (χ0) is 20.5. The molecule has 1 atom stereocenters. The number of piperazine rings is 1. The number of fused-ring (bicyclic) bond motifs is 1. The fourth-order valence-corrected chi connectivity index (χ4v) is 4.35. The molecular formula is C22H29N3O3S. The first-order valence-corrected chi connectivity index (χ1v) is 11.3. The van der Waals surface area contributed by atoms with Crippen LogP contribution in [-0.2, 0) is 15.9 Å². The van der Waals surface area contributed by atoms with Gasteiger partial charge in [-0.3, -0.25) is 4.90 Å². The van der Waals surface area contributed by atoms with Gasteiger partial charge in [0.1, 0.15) is 17.3 Å². The Morgan fingerprint density at radius 1 is 1.14 bits per heavy atom. The summed E-state index contributed by atoms with van der Waals surface area (Å²) in [7, 11) is 0. The van der Waals surface area contributed by atoms with Gasteiger partial charge < -0.3 is 19.3 Å². The van der Waals surface area contributed by atoms with Crippen LogP contribution in [0.3, 0.4) is 0 Å². The molecule has 29 heavy (non-hydrogen) atoms. The van der Waals surface area contributed by atoms with Gasteiger partial charge >= 0.3 is 0 Å². The van der Waals surface area contributed by atoms with Gasteiger partial charge in [-0.15, -0.1) is 0 Å². The number of amidine groups is 1. The fraction of sp³-hybridized carbons (Fsp3) is 0.409. The van der Waals surface area contributed by atoms with Gasteiger partial charge in [-0.05, 0) is 29.4 Å². The molecule has 1 N–H and O–H groups in total. The summed E-state index contributed by atoms with van der Waals surface area (Å²) in [5.74, 6) is 1.30. The van der Waals surface area contributed by atoms with E-state index in [9.17, 15) is 4.55 Å². The molecule has 2 aliphatic rings. The van der Waals surface area contributed by atoms with Crippen LogP contribution in [0, 0.1) is 0 Å². The van der Waals surface area contributed by atoms with E-state index < -0.39 is 11.2 Å². The van der Waals surface area contributed by atoms with Crippen LogP contribution < -0.4 is 0 Å². The molecule has 6 nitrogen and oxygen atoms in total. The molecule has 2 heterocycles. The molecule has 1 unspecified atom stereocenters. The minimum absolute atomic E-state index is 0.0602. The number of nitrogens with zero attached hydrogens (tertiary/aromatic N) is 3. The van der Waals surface area contributed by atoms with E-state index in [1.54, 1.807) is 0 Å². The highest BCUT2D eigenvalue weighted by Gasteiger charge is 2.22. The summed E-state index contributed by atoms with van der Waals surface area (Å²) in [5.41, 5.74) is 1.59. The molecule has 2 aliphatic heterocycles. The van der Waals surface area contributed by atoms with E-state index in [2.05, 4.69) is 16.4 Å². The van der Waals surface area contributed by atoms with Crippen LogP contribution in [0.2, 0.25) is 0 Å². The number of hydrogen-bond donors (Lipinski definition) is 1. The number of aliphatic imine (C=N–C) groups is 1. The number of aliphatic hydroxyl groups excluding tert-OH is 1. The zero-order valence-corrected chi connectivity index (χ0v) is 17.5. The number of para-hydroxylation sites is 1. The second-order valence-electron chi connectivity index (χ2n) is 6.89. The van der Waals surface area contributed by atoms with Gasteiger partial charge in [0.05, 0.1) is 19.8 Å². The highest BCUT2D eigenvalue weighted by atomic mass is 32.2. The SMILES string of the molecule is C=C1/C=C\C=C/C[S+]([O-])c2ccccc2/N=C\1N1CCN(CCOCCO)CC1. The number of ether oxygens (including phenoxy) is 1. The zero-order valence-electron chi connectivity index (χ0n) is 16.7. The van der Waals surface area contributed by atoms with E-state index in [-0.39, 0.29) is 6.61 Å². The summed E-state index contributed by atoms with van der Waals surface area (Å²) < 4.78 is 18.1. The van der Waals surface area contributed by atoms with Crippen LogP contribution in [-0.4, -0.2) is 83.6 Å². The molecule has 1 fully saturated rings. The van der Waals surface area contributed by atoms with Crippen LogP contribution >= 0.6 is 0 Å². The third-order valence-corrected chi connectivity index (χ3v) is 6.21. The normalized spacial score (nSPS) is 24.9. The predicted octanol–water partition coefficient (Wildman–Crippen LogP) is 2.13. The Hall–Kier alpha value is -1.90. The molecule has 0 radical (unpaired) electrons. The standard InChI is InChI=1S/C22H29N3O3S/c1-19-7-3-2-6-18-29(27)21-9-5-4-8-20(21)23-22(19)25-12-10-24(11-13-25)14-16-28-17-15-26/h2-9,26H,1,10-18H2/b6-2-,7-3-,23-22+. The van der Waals surface area contributed by atoms with Crippen molar-refractivity contribution in [3.05, 3.63) is 60.7 Å². The molecule has 3 rings (SSSR count). The third kappa shape index (κ3) is 6.29. The molecule has 0 aliphatic carbocycles. The van der Waals surface area contributed by atoms with Crippen molar-refractivity contribution in [1.82, 2.24) is 9.80 Å². The van der Waals surface area contributed by atoms with Crippen LogP contribution in [0.1, 0.15) is 0 Å². The van der Waals surface area contributed by atoms with E-state index >= 15 is 0 Å². The van der Waals surface area contributed by atoms with Gasteiger partial charge in [-0.25, -0.2) is 4.99 Å². The lowest BCUT2D eigenvalue weighted by Gasteiger charge is -2.36. The molecule has 1 aromatic carbocycles. The molecule has 1 aromatic rings. The highest BCUT2D eigenvalue weighted by Crippen LogP contribution is 2.27. The van der Waals surface area contributed by atoms with Crippen LogP contribution in [0.5, 0.6) is 0 Å². The minimum atomic E-state index is -1.13. The van der Waals surface area contributed by atoms with Gasteiger partial charge in [0, 0.05) is 38.3 Å². The fourth-order valence-electron chi connectivity index (χ4n) is 3.30. The molecule has 0 bridgehead atoms. The number of allylic oxidation sites excluding steroid dienone is 2. The maximum Gasteiger partial charge on any atom is 0.178 e. The Labute approximate surface area is 176 Å². The van der Waals surface area contributed by atoms with Gasteiger partial charge in [-0.1, -0.05) is 36.9 Å². The molecular weight excluding hydrogens is 386 g/mol. The summed E-state index contributed by atoms with van der Waals surface area (Å²) in [6.07, 6.45) is 7.72. The summed E-state index contributed by atoms with van der Waals surface area (Å²) in [5, 5.41) is 8.80. The van der Waals surface area contributed by atoms with Gasteiger partial charge in [0.15, 0.2) is 4.90 Å². The third-order valence-electron chi connectivity index (χ3n) is 4.88. The van der Waals surface area contributed by atoms with Gasteiger partial charge in [0.2, 0.25) is 0 Å². The Morgan fingerprint density at radius 2 is 1.93 bits per heavy atom. The van der Waals surface area contributed by atoms with E-state index in [1.807, 2.05) is 48.6 Å². The average Bonchev–Trinajstić information content (AvgIpc) is 2.77. The monoisotopic (exact) mass is 415 g/mol. The number of rotatable bonds is 5. The molecule has 0 amide bonds. The first-order valence-electron chi connectivity index (χ1n) is 9.93. The van der Waals surface area contributed by atoms with Crippen LogP contribution in [0.15, 0.2) is 70.6 Å². The van der Waals surface area contributed by atoms with Crippen molar-refractivity contribution in [2.45, 2.75) is 4.90 Å². The lowest BCUT2D eigenvalue weighted by molar-refractivity contribution is 0.0652. The molecule has 0 saturated carbocycles. The van der Waals surface area contributed by atoms with Crippen molar-refractivity contribution >= 4 is 22.7 Å². The Bertz CT molecular complexity index is 770. The first-order chi connectivity index (χ1) is 14.2. The molecule has 1 saturated heterocycles. The predicted molar refractivity (Wildman–Crippen MR) is 118 cm³/mol. The summed E-state index contributed by atoms with van der Waals surface area (Å²) >= 11 is -1.13. The highest BCUT2D eigenvalue weighted by molar-refractivity contribution is 7.91. The van der Waals surface area contributed by atoms with Crippen molar-refractivity contribution in [3.8, 4) is 0 Å². The van der Waals surface area contributed by atoms with Crippen molar-refractivity contribution in [2.75, 3.05) is 58.3 Å². The summed E-state index contributed by atoms with van der Waals surface area (Å²) in [4.78, 5) is 10.3. The number of aliphatic hydroxyl groups is 1. The summed E-state index contributed by atoms with van der Waals surface area (Å²) in [6, 6.07) is 7.63. The van der Waals surface area contributed by atoms with Crippen molar-refractivity contribution in [2.24, 2.45) is 4.99 Å². The lowest BCUT2D eigenvalue weighted by atomic mass is 10.2. The average molecular weight is 416 g/mol. The largest absolute Gasteiger partial charge is 0.611 e. The number of benzene rings is 1. The maximum atomic E-state index is 12.7. The van der Waals surface area contributed by atoms with Crippen molar-refractivity contribution in [3.63, 3.8) is 0 Å². The van der Waals surface area contributed by atoms with E-state index in [0.717, 1.165) is 54.7 Å². The van der Waals surface area contributed by atoms with Gasteiger partial charge in [0.25, 0.3) is 0 Å². The quantitative estimate of drug-likeness (QED) is 0.589. The maximum absolute atomic E-state index is 12.7. The Kier molecular flexibility index (Phi) is 8.52. The topological polar surface area (TPSA) is 71.4 Å². The first kappa shape index (κ1) is 21.8. The van der Waals surface area contributed by atoms with Crippen molar-refractivity contribution in [1.29, 1.82) is 0 Å². The number of hydrogen-bond acceptors (Lipinski definition) is 6. The van der Waals surface area contributed by atoms with E-state index in [1.165, 1.54) is 0 Å². The second kappa shape index (κ2) is 11.3. The summed E-state index contributed by atoms with van der Waals surface area (Å²) in [6.45, 7) is 9.66. The second-order valence-corrected chi connectivity index (χ2v) is 8.36. The molecule has 156 valence electrons. The van der Waals surface area contributed by atoms with Crippen LogP contribution in [0.25, 0.3) is 0 Å². The smallest absolute Gasteiger partial charge is 0.178 e. The Balaban J connectivity index is 1.76.